The van der Waals surface area contributed by atoms with Gasteiger partial charge in [0.25, 0.3) is 5.91 Å². The fourth-order valence-corrected chi connectivity index (χ4v) is 7.69. The van der Waals surface area contributed by atoms with Crippen molar-refractivity contribution in [3.8, 4) is 0 Å². The van der Waals surface area contributed by atoms with E-state index in [4.69, 9.17) is 0 Å². The molecule has 1 unspecified atom stereocenters. The third kappa shape index (κ3) is 5.33. The van der Waals surface area contributed by atoms with Crippen LogP contribution in [0.4, 0.5) is 5.13 Å². The molecule has 2 aliphatic rings. The lowest BCUT2D eigenvalue weighted by Crippen LogP contribution is -3.10. The molecular formula is C26H31N4O3S2+. The van der Waals surface area contributed by atoms with Gasteiger partial charge in [0.05, 0.1) is 22.0 Å². The van der Waals surface area contributed by atoms with E-state index >= 15 is 0 Å². The first-order valence-electron chi connectivity index (χ1n) is 12.2. The Labute approximate surface area is 210 Å². The average Bonchev–Trinajstić information content (AvgIpc) is 3.27. The van der Waals surface area contributed by atoms with Gasteiger partial charge in [-0.15, -0.1) is 0 Å². The molecule has 2 aromatic carbocycles. The number of quaternary nitrogens is 1. The number of hydrogen-bond acceptors (Lipinski definition) is 5. The molecule has 0 radical (unpaired) electrons. The lowest BCUT2D eigenvalue weighted by Gasteiger charge is -2.26. The minimum atomic E-state index is -3.62. The molecule has 3 heterocycles. The normalized spacial score (nSPS) is 18.7. The quantitative estimate of drug-likeness (QED) is 0.533. The number of carbonyl (C=O) groups is 1. The Kier molecular flexibility index (Phi) is 7.02. The average molecular weight is 512 g/mol. The fraction of sp³-hybridized carbons (Fsp3) is 0.385. The Bertz CT molecular complexity index is 1320. The minimum Gasteiger partial charge on any atom is -0.326 e. The summed E-state index contributed by atoms with van der Waals surface area (Å²) in [5, 5.41) is 3.48. The van der Waals surface area contributed by atoms with Crippen LogP contribution in [0.1, 0.15) is 51.3 Å². The number of nitrogens with one attached hydrogen (secondary N) is 2. The van der Waals surface area contributed by atoms with Crippen molar-refractivity contribution in [2.75, 3.05) is 25.0 Å². The van der Waals surface area contributed by atoms with E-state index in [1.54, 1.807) is 23.4 Å². The zero-order valence-corrected chi connectivity index (χ0v) is 21.6. The molecule has 0 bridgehead atoms. The molecule has 2 aliphatic heterocycles. The molecule has 9 heteroatoms. The van der Waals surface area contributed by atoms with Gasteiger partial charge in [-0.05, 0) is 37.5 Å². The highest BCUT2D eigenvalue weighted by molar-refractivity contribution is 7.89. The van der Waals surface area contributed by atoms with Gasteiger partial charge in [-0.1, -0.05) is 54.2 Å². The number of anilines is 1. The number of thiazole rings is 1. The fourth-order valence-electron chi connectivity index (χ4n) is 4.85. The van der Waals surface area contributed by atoms with Gasteiger partial charge < -0.3 is 4.90 Å². The molecule has 7 nitrogen and oxygen atoms in total. The number of benzene rings is 2. The van der Waals surface area contributed by atoms with Gasteiger partial charge in [0.15, 0.2) is 5.13 Å². The molecule has 1 atom stereocenters. The predicted octanol–water partition coefficient (Wildman–Crippen LogP) is 3.02. The molecule has 5 rings (SSSR count). The van der Waals surface area contributed by atoms with E-state index in [9.17, 15) is 13.2 Å². The van der Waals surface area contributed by atoms with Gasteiger partial charge in [-0.3, -0.25) is 10.1 Å². The molecule has 35 heavy (non-hydrogen) atoms. The Morgan fingerprint density at radius 2 is 1.89 bits per heavy atom. The van der Waals surface area contributed by atoms with Crippen molar-refractivity contribution < 1.29 is 18.1 Å². The monoisotopic (exact) mass is 511 g/mol. The van der Waals surface area contributed by atoms with Gasteiger partial charge in [-0.2, -0.15) is 4.31 Å². The smallest absolute Gasteiger partial charge is 0.257 e. The summed E-state index contributed by atoms with van der Waals surface area (Å²) in [4.78, 5) is 20.6. The second-order valence-corrected chi connectivity index (χ2v) is 12.4. The summed E-state index contributed by atoms with van der Waals surface area (Å²) >= 11 is 1.52. The molecule has 184 valence electrons. The van der Waals surface area contributed by atoms with Crippen molar-refractivity contribution in [1.29, 1.82) is 0 Å². The second-order valence-electron chi connectivity index (χ2n) is 9.38. The summed E-state index contributed by atoms with van der Waals surface area (Å²) in [7, 11) is -3.62. The Balaban J connectivity index is 1.29. The van der Waals surface area contributed by atoms with Gasteiger partial charge in [0.1, 0.15) is 13.1 Å². The zero-order valence-electron chi connectivity index (χ0n) is 19.9. The number of sulfonamides is 1. The SMILES string of the molecule is Cc1ccc(C(=O)Nc2nc3c(s2)C[NH+](Cc2ccccc2)CC3)cc1S(=O)(=O)N1CCCCC1. The summed E-state index contributed by atoms with van der Waals surface area (Å²) in [5.41, 5.74) is 3.35. The van der Waals surface area contributed by atoms with Crippen molar-refractivity contribution in [3.05, 3.63) is 75.8 Å². The number of hydrogen-bond donors (Lipinski definition) is 2. The van der Waals surface area contributed by atoms with Crippen LogP contribution >= 0.6 is 11.3 Å². The number of rotatable bonds is 6. The van der Waals surface area contributed by atoms with E-state index in [1.807, 2.05) is 6.07 Å². The molecule has 3 aromatic rings. The van der Waals surface area contributed by atoms with Crippen molar-refractivity contribution >= 4 is 32.4 Å². The van der Waals surface area contributed by atoms with Crippen molar-refractivity contribution in [2.24, 2.45) is 0 Å². The maximum Gasteiger partial charge on any atom is 0.257 e. The van der Waals surface area contributed by atoms with Crippen LogP contribution in [-0.4, -0.2) is 43.2 Å². The summed E-state index contributed by atoms with van der Waals surface area (Å²) in [5.74, 6) is -0.334. The largest absolute Gasteiger partial charge is 0.326 e. The Hall–Kier alpha value is -2.59. The first-order chi connectivity index (χ1) is 16.9. The summed E-state index contributed by atoms with van der Waals surface area (Å²) in [6.07, 6.45) is 3.68. The van der Waals surface area contributed by atoms with E-state index in [0.717, 1.165) is 51.0 Å². The molecular weight excluding hydrogens is 480 g/mol. The molecule has 1 aromatic heterocycles. The van der Waals surface area contributed by atoms with Gasteiger partial charge in [0, 0.05) is 30.6 Å². The third-order valence-corrected chi connectivity index (χ3v) is 9.86. The number of nitrogens with zero attached hydrogens (tertiary/aromatic N) is 2. The molecule has 1 fully saturated rings. The van der Waals surface area contributed by atoms with E-state index in [2.05, 4.69) is 34.6 Å². The zero-order chi connectivity index (χ0) is 24.4. The van der Waals surface area contributed by atoms with Gasteiger partial charge in [0.2, 0.25) is 10.0 Å². The molecule has 0 saturated carbocycles. The Morgan fingerprint density at radius 3 is 2.66 bits per heavy atom. The topological polar surface area (TPSA) is 83.8 Å². The number of fused-ring (bicyclic) bond motifs is 1. The number of carbonyl (C=O) groups excluding carboxylic acids is 1. The lowest BCUT2D eigenvalue weighted by molar-refractivity contribution is -0.929. The molecule has 1 amide bonds. The van der Waals surface area contributed by atoms with E-state index in [-0.39, 0.29) is 10.8 Å². The van der Waals surface area contributed by atoms with Crippen molar-refractivity contribution in [3.63, 3.8) is 0 Å². The van der Waals surface area contributed by atoms with Crippen LogP contribution in [0.15, 0.2) is 53.4 Å². The maximum absolute atomic E-state index is 13.2. The van der Waals surface area contributed by atoms with Crippen molar-refractivity contribution in [1.82, 2.24) is 9.29 Å². The van der Waals surface area contributed by atoms with Crippen LogP contribution in [0.2, 0.25) is 0 Å². The first kappa shape index (κ1) is 24.1. The summed E-state index contributed by atoms with van der Waals surface area (Å²) in [6, 6.07) is 15.4. The third-order valence-electron chi connectivity index (χ3n) is 6.80. The first-order valence-corrected chi connectivity index (χ1v) is 14.4. The molecule has 1 saturated heterocycles. The number of aryl methyl sites for hydroxylation is 1. The van der Waals surface area contributed by atoms with Crippen molar-refractivity contribution in [2.45, 2.75) is 50.6 Å². The van der Waals surface area contributed by atoms with Gasteiger partial charge in [-0.25, -0.2) is 13.4 Å². The lowest BCUT2D eigenvalue weighted by atomic mass is 10.1. The Morgan fingerprint density at radius 1 is 1.11 bits per heavy atom. The van der Waals surface area contributed by atoms with E-state index in [0.29, 0.717) is 29.3 Å². The van der Waals surface area contributed by atoms with Gasteiger partial charge >= 0.3 is 0 Å². The summed E-state index contributed by atoms with van der Waals surface area (Å²) < 4.78 is 28.0. The number of aromatic nitrogens is 1. The highest BCUT2D eigenvalue weighted by atomic mass is 32.2. The van der Waals surface area contributed by atoms with E-state index in [1.165, 1.54) is 32.7 Å². The minimum absolute atomic E-state index is 0.214. The van der Waals surface area contributed by atoms with Crippen LogP contribution in [0.25, 0.3) is 0 Å². The maximum atomic E-state index is 13.2. The van der Waals surface area contributed by atoms with Crippen LogP contribution in [0.3, 0.4) is 0 Å². The van der Waals surface area contributed by atoms with E-state index < -0.39 is 10.0 Å². The molecule has 0 aliphatic carbocycles. The highest BCUT2D eigenvalue weighted by Crippen LogP contribution is 2.27. The van der Waals surface area contributed by atoms with Crippen LogP contribution in [0.5, 0.6) is 0 Å². The predicted molar refractivity (Wildman–Crippen MR) is 137 cm³/mol. The molecule has 0 spiro atoms. The molecule has 2 N–H and O–H groups in total. The summed E-state index contributed by atoms with van der Waals surface area (Å²) in [6.45, 7) is 5.71. The highest BCUT2D eigenvalue weighted by Gasteiger charge is 2.29. The standard InChI is InChI=1S/C26H30N4O3S2/c1-19-10-11-21(16-24(19)35(32,33)30-13-6-3-7-14-30)25(31)28-26-27-22-12-15-29(18-23(22)34-26)17-20-8-4-2-5-9-20/h2,4-5,8-11,16H,3,6-7,12-15,17-18H2,1H3,(H,27,28,31)/p+1. The van der Waals surface area contributed by atoms with Crippen LogP contribution in [0, 0.1) is 6.92 Å². The van der Waals surface area contributed by atoms with Crippen LogP contribution in [-0.2, 0) is 29.5 Å². The number of amides is 1. The van der Waals surface area contributed by atoms with Crippen LogP contribution < -0.4 is 10.2 Å². The second kappa shape index (κ2) is 10.2. The number of piperidine rings is 1.